The fourth-order valence-electron chi connectivity index (χ4n) is 2.29. The van der Waals surface area contributed by atoms with E-state index in [1.165, 1.54) is 0 Å². The van der Waals surface area contributed by atoms with E-state index in [1.54, 1.807) is 11.3 Å². The van der Waals surface area contributed by atoms with Crippen LogP contribution >= 0.6 is 11.3 Å². The molecule has 5 nitrogen and oxygen atoms in total. The molecule has 0 bridgehead atoms. The molecule has 0 saturated heterocycles. The average Bonchev–Trinajstić information content (AvgIpc) is 3.05. The van der Waals surface area contributed by atoms with Gasteiger partial charge in [0.05, 0.1) is 37.5 Å². The normalized spacial score (nSPS) is 14.5. The summed E-state index contributed by atoms with van der Waals surface area (Å²) >= 11 is 1.61. The van der Waals surface area contributed by atoms with Crippen molar-refractivity contribution in [3.8, 4) is 0 Å². The van der Waals surface area contributed by atoms with Crippen molar-refractivity contribution in [1.29, 1.82) is 0 Å². The van der Waals surface area contributed by atoms with Crippen LogP contribution in [0.3, 0.4) is 0 Å². The second kappa shape index (κ2) is 5.14. The molecule has 1 aliphatic rings. The Morgan fingerprint density at radius 3 is 3.11 bits per heavy atom. The molecule has 1 amide bonds. The van der Waals surface area contributed by atoms with Crippen molar-refractivity contribution >= 4 is 17.2 Å². The summed E-state index contributed by atoms with van der Waals surface area (Å²) in [6.07, 6.45) is 0.471. The maximum absolute atomic E-state index is 12.2. The molecule has 0 aromatic carbocycles. The Hall–Kier alpha value is -1.66. The van der Waals surface area contributed by atoms with Crippen LogP contribution in [-0.4, -0.2) is 32.2 Å². The minimum atomic E-state index is -0.0524. The van der Waals surface area contributed by atoms with Gasteiger partial charge < -0.3 is 10.0 Å². The number of carbonyl (C=O) groups is 1. The number of carbonyl (C=O) groups excluding carboxylic acids is 1. The van der Waals surface area contributed by atoms with Crippen LogP contribution in [0.2, 0.25) is 0 Å². The van der Waals surface area contributed by atoms with Gasteiger partial charge in [0.15, 0.2) is 0 Å². The Labute approximate surface area is 115 Å². The van der Waals surface area contributed by atoms with Crippen molar-refractivity contribution in [1.82, 2.24) is 14.7 Å². The van der Waals surface area contributed by atoms with Crippen molar-refractivity contribution in [2.45, 2.75) is 26.1 Å². The first-order valence-electron chi connectivity index (χ1n) is 6.23. The van der Waals surface area contributed by atoms with Gasteiger partial charge in [-0.15, -0.1) is 11.3 Å². The van der Waals surface area contributed by atoms with E-state index in [-0.39, 0.29) is 12.5 Å². The van der Waals surface area contributed by atoms with Gasteiger partial charge in [-0.25, -0.2) is 0 Å². The molecule has 3 heterocycles. The molecule has 6 heteroatoms. The molecule has 19 heavy (non-hydrogen) atoms. The molecule has 0 radical (unpaired) electrons. The molecular formula is C13H15N3O2S. The molecule has 3 rings (SSSR count). The molecule has 2 aromatic heterocycles. The van der Waals surface area contributed by atoms with Gasteiger partial charge in [-0.2, -0.15) is 5.10 Å². The molecule has 0 atom stereocenters. The van der Waals surface area contributed by atoms with E-state index in [0.717, 1.165) is 10.6 Å². The molecule has 0 unspecified atom stereocenters. The highest BCUT2D eigenvalue weighted by molar-refractivity contribution is 7.10. The number of hydrogen-bond acceptors (Lipinski definition) is 4. The molecule has 0 fully saturated rings. The monoisotopic (exact) mass is 277 g/mol. The lowest BCUT2D eigenvalue weighted by molar-refractivity contribution is -0.131. The minimum absolute atomic E-state index is 0.0524. The first kappa shape index (κ1) is 12.4. The second-order valence-electron chi connectivity index (χ2n) is 4.58. The van der Waals surface area contributed by atoms with Crippen molar-refractivity contribution in [3.63, 3.8) is 0 Å². The Morgan fingerprint density at radius 2 is 2.37 bits per heavy atom. The lowest BCUT2D eigenvalue weighted by Gasteiger charge is -2.27. The van der Waals surface area contributed by atoms with Crippen LogP contribution in [-0.2, 0) is 30.9 Å². The number of aliphatic hydroxyl groups excluding tert-OH is 1. The third-order valence-electron chi connectivity index (χ3n) is 3.27. The SMILES string of the molecule is O=C(Cc1cccs1)N1CCn2nc(CO)cc2C1. The number of rotatable bonds is 3. The van der Waals surface area contributed by atoms with E-state index in [0.29, 0.717) is 31.7 Å². The fourth-order valence-corrected chi connectivity index (χ4v) is 2.99. The van der Waals surface area contributed by atoms with Gasteiger partial charge in [-0.1, -0.05) is 6.07 Å². The van der Waals surface area contributed by atoms with Crippen LogP contribution in [0.1, 0.15) is 16.3 Å². The number of aromatic nitrogens is 2. The van der Waals surface area contributed by atoms with Crippen molar-refractivity contribution in [2.75, 3.05) is 6.54 Å². The standard InChI is InChI=1S/C13H15N3O2S/c17-9-10-6-11-8-15(3-4-16(11)14-10)13(18)7-12-2-1-5-19-12/h1-2,5-6,17H,3-4,7-9H2. The molecule has 2 aromatic rings. The summed E-state index contributed by atoms with van der Waals surface area (Å²) < 4.78 is 1.88. The van der Waals surface area contributed by atoms with Gasteiger partial charge in [0.1, 0.15) is 0 Å². The van der Waals surface area contributed by atoms with E-state index >= 15 is 0 Å². The van der Waals surface area contributed by atoms with E-state index in [9.17, 15) is 4.79 Å². The molecule has 1 N–H and O–H groups in total. The maximum Gasteiger partial charge on any atom is 0.228 e. The quantitative estimate of drug-likeness (QED) is 0.911. The maximum atomic E-state index is 12.2. The van der Waals surface area contributed by atoms with Crippen molar-refractivity contribution in [3.05, 3.63) is 39.8 Å². The Balaban J connectivity index is 1.69. The zero-order valence-electron chi connectivity index (χ0n) is 10.5. The third kappa shape index (κ3) is 2.54. The van der Waals surface area contributed by atoms with Crippen LogP contribution in [0.25, 0.3) is 0 Å². The van der Waals surface area contributed by atoms with E-state index in [4.69, 9.17) is 5.11 Å². The van der Waals surface area contributed by atoms with Gasteiger partial charge in [-0.05, 0) is 17.5 Å². The zero-order valence-corrected chi connectivity index (χ0v) is 11.3. The summed E-state index contributed by atoms with van der Waals surface area (Å²) in [4.78, 5) is 15.2. The molecule has 0 aliphatic carbocycles. The number of nitrogens with zero attached hydrogens (tertiary/aromatic N) is 3. The van der Waals surface area contributed by atoms with Gasteiger partial charge in [0.2, 0.25) is 5.91 Å². The lowest BCUT2D eigenvalue weighted by Crippen LogP contribution is -2.39. The average molecular weight is 277 g/mol. The van der Waals surface area contributed by atoms with Gasteiger partial charge in [0.25, 0.3) is 0 Å². The van der Waals surface area contributed by atoms with Gasteiger partial charge in [0, 0.05) is 11.4 Å². The summed E-state index contributed by atoms with van der Waals surface area (Å²) in [5.74, 6) is 0.153. The summed E-state index contributed by atoms with van der Waals surface area (Å²) in [7, 11) is 0. The zero-order chi connectivity index (χ0) is 13.2. The summed E-state index contributed by atoms with van der Waals surface area (Å²) in [6, 6.07) is 5.82. The van der Waals surface area contributed by atoms with E-state index < -0.39 is 0 Å². The van der Waals surface area contributed by atoms with Crippen LogP contribution in [0.15, 0.2) is 23.6 Å². The highest BCUT2D eigenvalue weighted by Crippen LogP contribution is 2.16. The predicted molar refractivity (Wildman–Crippen MR) is 71.6 cm³/mol. The minimum Gasteiger partial charge on any atom is -0.390 e. The summed E-state index contributed by atoms with van der Waals surface area (Å²) in [6.45, 7) is 1.91. The van der Waals surface area contributed by atoms with Gasteiger partial charge in [-0.3, -0.25) is 9.48 Å². The largest absolute Gasteiger partial charge is 0.390 e. The fraction of sp³-hybridized carbons (Fsp3) is 0.385. The summed E-state index contributed by atoms with van der Waals surface area (Å²) in [5.41, 5.74) is 1.66. The predicted octanol–water partition coefficient (Wildman–Crippen LogP) is 1.02. The number of fused-ring (bicyclic) bond motifs is 1. The molecule has 100 valence electrons. The molecular weight excluding hydrogens is 262 g/mol. The van der Waals surface area contributed by atoms with Crippen LogP contribution < -0.4 is 0 Å². The summed E-state index contributed by atoms with van der Waals surface area (Å²) in [5, 5.41) is 15.3. The molecule has 0 spiro atoms. The third-order valence-corrected chi connectivity index (χ3v) is 4.15. The highest BCUT2D eigenvalue weighted by Gasteiger charge is 2.22. The van der Waals surface area contributed by atoms with Crippen molar-refractivity contribution < 1.29 is 9.90 Å². The van der Waals surface area contributed by atoms with Crippen LogP contribution in [0.4, 0.5) is 0 Å². The number of amides is 1. The second-order valence-corrected chi connectivity index (χ2v) is 5.61. The molecule has 1 aliphatic heterocycles. The Morgan fingerprint density at radius 1 is 1.47 bits per heavy atom. The van der Waals surface area contributed by atoms with Crippen molar-refractivity contribution in [2.24, 2.45) is 0 Å². The van der Waals surface area contributed by atoms with E-state index in [2.05, 4.69) is 5.10 Å². The lowest BCUT2D eigenvalue weighted by atomic mass is 10.2. The van der Waals surface area contributed by atoms with Crippen LogP contribution in [0.5, 0.6) is 0 Å². The first-order valence-corrected chi connectivity index (χ1v) is 7.11. The number of aliphatic hydroxyl groups is 1. The first-order chi connectivity index (χ1) is 9.26. The number of thiophene rings is 1. The number of hydrogen-bond donors (Lipinski definition) is 1. The smallest absolute Gasteiger partial charge is 0.228 e. The topological polar surface area (TPSA) is 58.4 Å². The Kier molecular flexibility index (Phi) is 3.35. The van der Waals surface area contributed by atoms with Crippen LogP contribution in [0, 0.1) is 0 Å². The van der Waals surface area contributed by atoms with E-state index in [1.807, 2.05) is 33.2 Å². The highest BCUT2D eigenvalue weighted by atomic mass is 32.1. The van der Waals surface area contributed by atoms with Gasteiger partial charge >= 0.3 is 0 Å². The Bertz CT molecular complexity index is 577. The molecule has 0 saturated carbocycles.